The third kappa shape index (κ3) is 3.00. The van der Waals surface area contributed by atoms with Crippen LogP contribution in [0.3, 0.4) is 0 Å². The first-order chi connectivity index (χ1) is 9.10. The molecule has 0 aromatic carbocycles. The number of nitrogens with two attached hydrogens (primary N) is 1. The standard InChI is InChI=1S/C10H14F3N3O2S2/c1-20(17,18)7-8(14)15-19-9(7)16-4-2-6(3-5-16)10(11,12)13/h6H,2-5H2,1H3,(H2,14,15). The summed E-state index contributed by atoms with van der Waals surface area (Å²) in [5.74, 6) is -1.42. The predicted molar refractivity (Wildman–Crippen MR) is 70.6 cm³/mol. The fourth-order valence-electron chi connectivity index (χ4n) is 2.24. The number of piperidine rings is 1. The zero-order valence-electron chi connectivity index (χ0n) is 10.6. The van der Waals surface area contributed by atoms with E-state index in [9.17, 15) is 21.6 Å². The molecular formula is C10H14F3N3O2S2. The van der Waals surface area contributed by atoms with E-state index < -0.39 is 21.9 Å². The maximum atomic E-state index is 12.6. The lowest BCUT2D eigenvalue weighted by molar-refractivity contribution is -0.179. The number of hydrogen-bond acceptors (Lipinski definition) is 6. The Labute approximate surface area is 118 Å². The quantitative estimate of drug-likeness (QED) is 0.897. The van der Waals surface area contributed by atoms with Crippen LogP contribution in [0.2, 0.25) is 0 Å². The van der Waals surface area contributed by atoms with Crippen LogP contribution in [0.1, 0.15) is 12.8 Å². The van der Waals surface area contributed by atoms with Crippen molar-refractivity contribution in [3.05, 3.63) is 0 Å². The van der Waals surface area contributed by atoms with Gasteiger partial charge in [0.05, 0.1) is 5.92 Å². The lowest BCUT2D eigenvalue weighted by atomic mass is 9.96. The number of aromatic nitrogens is 1. The third-order valence-electron chi connectivity index (χ3n) is 3.27. The maximum absolute atomic E-state index is 12.6. The van der Waals surface area contributed by atoms with E-state index >= 15 is 0 Å². The summed E-state index contributed by atoms with van der Waals surface area (Å²) in [4.78, 5) is 1.54. The fraction of sp³-hybridized carbons (Fsp3) is 0.700. The van der Waals surface area contributed by atoms with Crippen LogP contribution in [0.25, 0.3) is 0 Å². The normalized spacial score (nSPS) is 18.5. The number of nitrogens with zero attached hydrogens (tertiary/aromatic N) is 2. The minimum Gasteiger partial charge on any atom is -0.382 e. The van der Waals surface area contributed by atoms with Gasteiger partial charge in [0.25, 0.3) is 0 Å². The number of nitrogen functional groups attached to an aromatic ring is 1. The van der Waals surface area contributed by atoms with Crippen molar-refractivity contribution in [2.75, 3.05) is 30.0 Å². The van der Waals surface area contributed by atoms with Gasteiger partial charge < -0.3 is 10.6 Å². The van der Waals surface area contributed by atoms with E-state index in [1.165, 1.54) is 0 Å². The number of rotatable bonds is 2. The monoisotopic (exact) mass is 329 g/mol. The van der Waals surface area contributed by atoms with Crippen molar-refractivity contribution in [3.8, 4) is 0 Å². The average Bonchev–Trinajstić information content (AvgIpc) is 2.70. The Kier molecular flexibility index (Phi) is 3.89. The first-order valence-electron chi connectivity index (χ1n) is 5.87. The molecule has 0 saturated carbocycles. The minimum atomic E-state index is -4.20. The molecule has 2 heterocycles. The highest BCUT2D eigenvalue weighted by molar-refractivity contribution is 7.91. The molecule has 5 nitrogen and oxygen atoms in total. The van der Waals surface area contributed by atoms with Gasteiger partial charge in [0, 0.05) is 19.3 Å². The molecule has 0 aliphatic carbocycles. The van der Waals surface area contributed by atoms with Crippen LogP contribution < -0.4 is 10.6 Å². The molecule has 1 aliphatic rings. The molecular weight excluding hydrogens is 315 g/mol. The highest BCUT2D eigenvalue weighted by atomic mass is 32.2. The lowest BCUT2D eigenvalue weighted by Gasteiger charge is -2.33. The largest absolute Gasteiger partial charge is 0.391 e. The van der Waals surface area contributed by atoms with Crippen LogP contribution in [0.4, 0.5) is 24.0 Å². The molecule has 10 heteroatoms. The Hall–Kier alpha value is -1.03. The molecule has 0 spiro atoms. The molecule has 0 bridgehead atoms. The van der Waals surface area contributed by atoms with Crippen LogP contribution in [0.5, 0.6) is 0 Å². The van der Waals surface area contributed by atoms with E-state index in [0.29, 0.717) is 5.00 Å². The van der Waals surface area contributed by atoms with Gasteiger partial charge in [0.2, 0.25) is 0 Å². The third-order valence-corrected chi connectivity index (χ3v) is 5.47. The van der Waals surface area contributed by atoms with Gasteiger partial charge in [-0.25, -0.2) is 8.42 Å². The Morgan fingerprint density at radius 2 is 1.90 bits per heavy atom. The molecule has 1 aromatic rings. The van der Waals surface area contributed by atoms with Crippen molar-refractivity contribution in [2.45, 2.75) is 23.9 Å². The molecule has 1 aliphatic heterocycles. The molecule has 0 radical (unpaired) electrons. The number of hydrogen-bond donors (Lipinski definition) is 1. The van der Waals surface area contributed by atoms with Crippen LogP contribution in [-0.2, 0) is 9.84 Å². The van der Waals surface area contributed by atoms with Crippen molar-refractivity contribution in [2.24, 2.45) is 5.92 Å². The zero-order chi connectivity index (χ0) is 15.1. The minimum absolute atomic E-state index is 0.0511. The molecule has 1 fully saturated rings. The molecule has 2 N–H and O–H groups in total. The van der Waals surface area contributed by atoms with E-state index in [4.69, 9.17) is 5.73 Å². The summed E-state index contributed by atoms with van der Waals surface area (Å²) in [5.41, 5.74) is 5.54. The average molecular weight is 329 g/mol. The van der Waals surface area contributed by atoms with Gasteiger partial charge in [-0.1, -0.05) is 0 Å². The Morgan fingerprint density at radius 3 is 2.35 bits per heavy atom. The Balaban J connectivity index is 2.20. The molecule has 114 valence electrons. The maximum Gasteiger partial charge on any atom is 0.391 e. The predicted octanol–water partition coefficient (Wildman–Crippen LogP) is 1.91. The highest BCUT2D eigenvalue weighted by Crippen LogP contribution is 2.39. The summed E-state index contributed by atoms with van der Waals surface area (Å²) >= 11 is 0.909. The summed E-state index contributed by atoms with van der Waals surface area (Å²) < 4.78 is 65.0. The molecule has 0 amide bonds. The zero-order valence-corrected chi connectivity index (χ0v) is 12.3. The molecule has 1 aromatic heterocycles. The van der Waals surface area contributed by atoms with Crippen molar-refractivity contribution in [1.82, 2.24) is 4.37 Å². The van der Waals surface area contributed by atoms with Gasteiger partial charge in [-0.2, -0.15) is 17.5 Å². The van der Waals surface area contributed by atoms with Crippen molar-refractivity contribution in [1.29, 1.82) is 0 Å². The van der Waals surface area contributed by atoms with E-state index in [0.717, 1.165) is 17.8 Å². The van der Waals surface area contributed by atoms with Crippen LogP contribution in [0.15, 0.2) is 4.90 Å². The van der Waals surface area contributed by atoms with Gasteiger partial charge in [0.1, 0.15) is 9.90 Å². The summed E-state index contributed by atoms with van der Waals surface area (Å²) in [6.07, 6.45) is -3.29. The Bertz CT molecular complexity index is 589. The van der Waals surface area contributed by atoms with Crippen molar-refractivity contribution >= 4 is 32.2 Å². The van der Waals surface area contributed by atoms with Crippen LogP contribution in [-0.4, -0.2) is 38.3 Å². The number of anilines is 2. The smallest absolute Gasteiger partial charge is 0.382 e. The van der Waals surface area contributed by atoms with Crippen molar-refractivity contribution in [3.63, 3.8) is 0 Å². The van der Waals surface area contributed by atoms with Crippen molar-refractivity contribution < 1.29 is 21.6 Å². The summed E-state index contributed by atoms with van der Waals surface area (Å²) in [6, 6.07) is 0. The lowest BCUT2D eigenvalue weighted by Crippen LogP contribution is -2.39. The molecule has 20 heavy (non-hydrogen) atoms. The second-order valence-electron chi connectivity index (χ2n) is 4.78. The first-order valence-corrected chi connectivity index (χ1v) is 8.54. The summed E-state index contributed by atoms with van der Waals surface area (Å²) in [7, 11) is -3.55. The van der Waals surface area contributed by atoms with Crippen LogP contribution in [0, 0.1) is 5.92 Å². The van der Waals surface area contributed by atoms with Crippen LogP contribution >= 0.6 is 11.5 Å². The van der Waals surface area contributed by atoms with E-state index in [1.54, 1.807) is 4.90 Å². The van der Waals surface area contributed by atoms with Gasteiger partial charge in [-0.3, -0.25) is 0 Å². The second-order valence-corrected chi connectivity index (χ2v) is 7.48. The molecule has 0 atom stereocenters. The summed E-state index contributed by atoms with van der Waals surface area (Å²) in [6.45, 7) is 0.294. The Morgan fingerprint density at radius 1 is 1.35 bits per heavy atom. The highest BCUT2D eigenvalue weighted by Gasteiger charge is 2.41. The number of sulfone groups is 1. The van der Waals surface area contributed by atoms with E-state index in [2.05, 4.69) is 4.37 Å². The SMILES string of the molecule is CS(=O)(=O)c1c(N)nsc1N1CCC(C(F)(F)F)CC1. The van der Waals surface area contributed by atoms with Gasteiger partial charge >= 0.3 is 6.18 Å². The fourth-order valence-corrected chi connectivity index (χ4v) is 4.50. The first kappa shape index (κ1) is 15.4. The topological polar surface area (TPSA) is 76.3 Å². The molecule has 1 saturated heterocycles. The second kappa shape index (κ2) is 5.06. The molecule has 2 rings (SSSR count). The number of halogens is 3. The van der Waals surface area contributed by atoms with Gasteiger partial charge in [-0.05, 0) is 24.4 Å². The van der Waals surface area contributed by atoms with E-state index in [-0.39, 0.29) is 36.6 Å². The van der Waals surface area contributed by atoms with Gasteiger partial charge in [-0.15, -0.1) is 0 Å². The van der Waals surface area contributed by atoms with E-state index in [1.807, 2.05) is 0 Å². The molecule has 0 unspecified atom stereocenters. The number of alkyl halides is 3. The van der Waals surface area contributed by atoms with Gasteiger partial charge in [0.15, 0.2) is 15.7 Å². The summed E-state index contributed by atoms with van der Waals surface area (Å²) in [5, 5.41) is 0.339.